The molecule has 0 saturated carbocycles. The monoisotopic (exact) mass is 409 g/mol. The third kappa shape index (κ3) is 4.68. The van der Waals surface area contributed by atoms with Gasteiger partial charge in [0.05, 0.1) is 11.6 Å². The first-order valence-corrected chi connectivity index (χ1v) is 10.3. The van der Waals surface area contributed by atoms with Crippen LogP contribution in [0.15, 0.2) is 60.0 Å². The first-order chi connectivity index (χ1) is 14.1. The lowest BCUT2D eigenvalue weighted by Gasteiger charge is -2.16. The number of hydrogen-bond acceptors (Lipinski definition) is 4. The Morgan fingerprint density at radius 3 is 2.69 bits per heavy atom. The Morgan fingerprint density at radius 2 is 1.93 bits per heavy atom. The van der Waals surface area contributed by atoms with Gasteiger partial charge < -0.3 is 10.2 Å². The number of anilines is 1. The third-order valence-electron chi connectivity index (χ3n) is 4.97. The van der Waals surface area contributed by atoms with Crippen molar-refractivity contribution in [3.05, 3.63) is 71.4 Å². The highest BCUT2D eigenvalue weighted by atomic mass is 32.1. The van der Waals surface area contributed by atoms with E-state index >= 15 is 0 Å². The number of carbonyl (C=O) groups excluding carboxylic acids is 2. The SMILES string of the molecule is O=C(Nc1nc(-c2ccccc2)cs1)C1CC(=O)N(CCc2ccc(F)cc2)C1. The zero-order valence-electron chi connectivity index (χ0n) is 15.7. The molecule has 1 fully saturated rings. The fraction of sp³-hybridized carbons (Fsp3) is 0.227. The summed E-state index contributed by atoms with van der Waals surface area (Å²) in [5.74, 6) is -0.881. The minimum Gasteiger partial charge on any atom is -0.342 e. The number of nitrogens with zero attached hydrogens (tertiary/aromatic N) is 2. The largest absolute Gasteiger partial charge is 0.342 e. The van der Waals surface area contributed by atoms with E-state index in [2.05, 4.69) is 10.3 Å². The van der Waals surface area contributed by atoms with Crippen LogP contribution in [0, 0.1) is 11.7 Å². The lowest BCUT2D eigenvalue weighted by Crippen LogP contribution is -2.30. The number of benzene rings is 2. The van der Waals surface area contributed by atoms with Crippen LogP contribution in [0.5, 0.6) is 0 Å². The predicted molar refractivity (Wildman–Crippen MR) is 111 cm³/mol. The zero-order valence-corrected chi connectivity index (χ0v) is 16.5. The van der Waals surface area contributed by atoms with E-state index in [4.69, 9.17) is 0 Å². The van der Waals surface area contributed by atoms with Crippen molar-refractivity contribution in [3.8, 4) is 11.3 Å². The first-order valence-electron chi connectivity index (χ1n) is 9.42. The van der Waals surface area contributed by atoms with E-state index in [1.807, 2.05) is 35.7 Å². The van der Waals surface area contributed by atoms with Crippen molar-refractivity contribution < 1.29 is 14.0 Å². The molecule has 7 heteroatoms. The molecule has 0 spiro atoms. The smallest absolute Gasteiger partial charge is 0.231 e. The molecule has 1 N–H and O–H groups in total. The van der Waals surface area contributed by atoms with E-state index in [0.29, 0.717) is 24.6 Å². The van der Waals surface area contributed by atoms with E-state index in [1.54, 1.807) is 17.0 Å². The molecule has 1 aromatic heterocycles. The molecule has 5 nitrogen and oxygen atoms in total. The maximum atomic E-state index is 13.0. The van der Waals surface area contributed by atoms with Gasteiger partial charge in [-0.1, -0.05) is 42.5 Å². The van der Waals surface area contributed by atoms with E-state index in [-0.39, 0.29) is 30.0 Å². The molecule has 1 aliphatic heterocycles. The summed E-state index contributed by atoms with van der Waals surface area (Å²) in [7, 11) is 0. The molecular weight excluding hydrogens is 389 g/mol. The van der Waals surface area contributed by atoms with Crippen molar-refractivity contribution in [2.75, 3.05) is 18.4 Å². The van der Waals surface area contributed by atoms with Gasteiger partial charge in [-0.3, -0.25) is 9.59 Å². The summed E-state index contributed by atoms with van der Waals surface area (Å²) in [4.78, 5) is 31.0. The fourth-order valence-corrected chi connectivity index (χ4v) is 4.08. The maximum absolute atomic E-state index is 13.0. The van der Waals surface area contributed by atoms with Gasteiger partial charge in [0.25, 0.3) is 0 Å². The molecule has 0 bridgehead atoms. The van der Waals surface area contributed by atoms with Gasteiger partial charge in [0.15, 0.2) is 5.13 Å². The van der Waals surface area contributed by atoms with E-state index in [1.165, 1.54) is 23.5 Å². The number of hydrogen-bond donors (Lipinski definition) is 1. The molecule has 0 radical (unpaired) electrons. The molecular formula is C22H20FN3O2S. The second-order valence-electron chi connectivity index (χ2n) is 7.01. The van der Waals surface area contributed by atoms with Crippen LogP contribution in [0.1, 0.15) is 12.0 Å². The molecule has 2 amide bonds. The van der Waals surface area contributed by atoms with Crippen LogP contribution < -0.4 is 5.32 Å². The van der Waals surface area contributed by atoms with Crippen LogP contribution in [0.4, 0.5) is 9.52 Å². The number of carbonyl (C=O) groups is 2. The molecule has 148 valence electrons. The summed E-state index contributed by atoms with van der Waals surface area (Å²) in [6, 6.07) is 16.0. The van der Waals surface area contributed by atoms with E-state index < -0.39 is 0 Å². The van der Waals surface area contributed by atoms with Crippen LogP contribution in [0.25, 0.3) is 11.3 Å². The summed E-state index contributed by atoms with van der Waals surface area (Å²) in [6.07, 6.45) is 0.833. The van der Waals surface area contributed by atoms with Crippen LogP contribution >= 0.6 is 11.3 Å². The number of likely N-dealkylation sites (tertiary alicyclic amines) is 1. The highest BCUT2D eigenvalue weighted by molar-refractivity contribution is 7.14. The zero-order chi connectivity index (χ0) is 20.2. The van der Waals surface area contributed by atoms with Crippen LogP contribution in [0.2, 0.25) is 0 Å². The van der Waals surface area contributed by atoms with Gasteiger partial charge in [-0.05, 0) is 24.1 Å². The van der Waals surface area contributed by atoms with E-state index in [0.717, 1.165) is 16.8 Å². The average Bonchev–Trinajstić information content (AvgIpc) is 3.35. The molecule has 3 aromatic rings. The summed E-state index contributed by atoms with van der Waals surface area (Å²) >= 11 is 1.37. The Bertz CT molecular complexity index is 1000. The predicted octanol–water partition coefficient (Wildman–Crippen LogP) is 3.98. The number of halogens is 1. The molecule has 2 aromatic carbocycles. The van der Waals surface area contributed by atoms with Crippen LogP contribution in [-0.4, -0.2) is 34.8 Å². The Morgan fingerprint density at radius 1 is 1.17 bits per heavy atom. The topological polar surface area (TPSA) is 62.3 Å². The highest BCUT2D eigenvalue weighted by Gasteiger charge is 2.34. The first kappa shape index (κ1) is 19.3. The molecule has 1 atom stereocenters. The maximum Gasteiger partial charge on any atom is 0.231 e. The molecule has 29 heavy (non-hydrogen) atoms. The van der Waals surface area contributed by atoms with Gasteiger partial charge in [0, 0.05) is 30.5 Å². The van der Waals surface area contributed by atoms with Crippen molar-refractivity contribution in [3.63, 3.8) is 0 Å². The molecule has 1 unspecified atom stereocenters. The van der Waals surface area contributed by atoms with E-state index in [9.17, 15) is 14.0 Å². The van der Waals surface area contributed by atoms with Crippen molar-refractivity contribution in [1.82, 2.24) is 9.88 Å². The number of aromatic nitrogens is 1. The van der Waals surface area contributed by atoms with Gasteiger partial charge >= 0.3 is 0 Å². The van der Waals surface area contributed by atoms with Crippen LogP contribution in [0.3, 0.4) is 0 Å². The molecule has 1 saturated heterocycles. The summed E-state index contributed by atoms with van der Waals surface area (Å²) in [5.41, 5.74) is 2.77. The Kier molecular flexibility index (Phi) is 5.67. The van der Waals surface area contributed by atoms with Crippen molar-refractivity contribution in [1.29, 1.82) is 0 Å². The second-order valence-corrected chi connectivity index (χ2v) is 7.87. The summed E-state index contributed by atoms with van der Waals surface area (Å²) in [6.45, 7) is 0.909. The van der Waals surface area contributed by atoms with Gasteiger partial charge in [-0.25, -0.2) is 9.37 Å². The lowest BCUT2D eigenvalue weighted by molar-refractivity contribution is -0.128. The highest BCUT2D eigenvalue weighted by Crippen LogP contribution is 2.26. The minimum atomic E-state index is -0.389. The van der Waals surface area contributed by atoms with Gasteiger partial charge in [0.2, 0.25) is 11.8 Å². The van der Waals surface area contributed by atoms with Gasteiger partial charge in [0.1, 0.15) is 5.82 Å². The Labute approximate surface area is 172 Å². The number of thiazole rings is 1. The molecule has 0 aliphatic carbocycles. The summed E-state index contributed by atoms with van der Waals surface area (Å²) < 4.78 is 13.0. The third-order valence-corrected chi connectivity index (χ3v) is 5.73. The molecule has 2 heterocycles. The Hall–Kier alpha value is -3.06. The Balaban J connectivity index is 1.32. The molecule has 4 rings (SSSR count). The van der Waals surface area contributed by atoms with Crippen molar-refractivity contribution in [2.45, 2.75) is 12.8 Å². The number of amides is 2. The minimum absolute atomic E-state index is 0.0311. The van der Waals surface area contributed by atoms with Gasteiger partial charge in [-0.15, -0.1) is 11.3 Å². The molecule has 1 aliphatic rings. The average molecular weight is 409 g/mol. The number of rotatable bonds is 6. The summed E-state index contributed by atoms with van der Waals surface area (Å²) in [5, 5.41) is 5.28. The second kappa shape index (κ2) is 8.53. The normalized spacial score (nSPS) is 16.2. The number of nitrogens with one attached hydrogen (secondary N) is 1. The van der Waals surface area contributed by atoms with Crippen molar-refractivity contribution >= 4 is 28.3 Å². The standard InChI is InChI=1S/C22H20FN3O2S/c23-18-8-6-15(7-9-18)10-11-26-13-17(12-20(26)27)21(28)25-22-24-19(14-29-22)16-4-2-1-3-5-16/h1-9,14,17H,10-13H2,(H,24,25,28). The van der Waals surface area contributed by atoms with Crippen molar-refractivity contribution in [2.24, 2.45) is 5.92 Å². The van der Waals surface area contributed by atoms with Gasteiger partial charge in [-0.2, -0.15) is 0 Å². The fourth-order valence-electron chi connectivity index (χ4n) is 3.36. The quantitative estimate of drug-likeness (QED) is 0.670. The van der Waals surface area contributed by atoms with Crippen LogP contribution in [-0.2, 0) is 16.0 Å². The lowest BCUT2D eigenvalue weighted by atomic mass is 10.1.